The van der Waals surface area contributed by atoms with Gasteiger partial charge in [0.05, 0.1) is 11.3 Å². The molecule has 2 aromatic rings. The van der Waals surface area contributed by atoms with Crippen LogP contribution in [0.1, 0.15) is 36.3 Å². The van der Waals surface area contributed by atoms with Gasteiger partial charge in [-0.2, -0.15) is 0 Å². The summed E-state index contributed by atoms with van der Waals surface area (Å²) >= 11 is 1.52. The number of hydrogen-bond acceptors (Lipinski definition) is 4. The van der Waals surface area contributed by atoms with Gasteiger partial charge in [0.25, 0.3) is 11.8 Å². The lowest BCUT2D eigenvalue weighted by atomic mass is 9.91. The molecule has 5 heteroatoms. The summed E-state index contributed by atoms with van der Waals surface area (Å²) in [5, 5.41) is 1.96. The van der Waals surface area contributed by atoms with Crippen molar-refractivity contribution >= 4 is 34.4 Å². The lowest BCUT2D eigenvalue weighted by Crippen LogP contribution is -2.42. The van der Waals surface area contributed by atoms with Gasteiger partial charge in [-0.1, -0.05) is 32.0 Å². The highest BCUT2D eigenvalue weighted by Gasteiger charge is 2.44. The number of aryl methyl sites for hydroxylation is 1. The highest BCUT2D eigenvalue weighted by molar-refractivity contribution is 7.11. The summed E-state index contributed by atoms with van der Waals surface area (Å²) in [5.74, 6) is 0.599. The second-order valence-electron chi connectivity index (χ2n) is 8.22. The van der Waals surface area contributed by atoms with Crippen LogP contribution in [0.25, 0.3) is 5.57 Å². The van der Waals surface area contributed by atoms with Gasteiger partial charge in [-0.25, -0.2) is 4.90 Å². The maximum Gasteiger partial charge on any atom is 0.282 e. The Hall–Kier alpha value is -2.40. The van der Waals surface area contributed by atoms with Crippen molar-refractivity contribution in [3.8, 4) is 0 Å². The van der Waals surface area contributed by atoms with Gasteiger partial charge in [0.2, 0.25) is 0 Å². The minimum atomic E-state index is -0.206. The number of nitrogens with zero attached hydrogens (tertiary/aromatic N) is 2. The molecule has 4 nitrogen and oxygen atoms in total. The Morgan fingerprint density at radius 2 is 1.68 bits per heavy atom. The number of amides is 2. The lowest BCUT2D eigenvalue weighted by Gasteiger charge is -2.37. The van der Waals surface area contributed by atoms with Gasteiger partial charge >= 0.3 is 0 Å². The number of imide groups is 1. The highest BCUT2D eigenvalue weighted by Crippen LogP contribution is 2.39. The molecule has 0 spiro atoms. The van der Waals surface area contributed by atoms with E-state index in [9.17, 15) is 9.59 Å². The molecule has 0 saturated carbocycles. The predicted molar refractivity (Wildman–Crippen MR) is 114 cm³/mol. The van der Waals surface area contributed by atoms with Gasteiger partial charge in [-0.3, -0.25) is 9.59 Å². The van der Waals surface area contributed by atoms with E-state index in [1.807, 2.05) is 49.6 Å². The van der Waals surface area contributed by atoms with Crippen molar-refractivity contribution in [1.29, 1.82) is 0 Å². The van der Waals surface area contributed by atoms with E-state index in [0.29, 0.717) is 28.8 Å². The molecule has 2 aliphatic rings. The third kappa shape index (κ3) is 3.08. The van der Waals surface area contributed by atoms with E-state index < -0.39 is 0 Å². The third-order valence-electron chi connectivity index (χ3n) is 5.83. The topological polar surface area (TPSA) is 40.6 Å². The Morgan fingerprint density at radius 3 is 2.32 bits per heavy atom. The first kappa shape index (κ1) is 18.9. The van der Waals surface area contributed by atoms with Crippen LogP contribution in [0.2, 0.25) is 0 Å². The average Bonchev–Trinajstić information content (AvgIpc) is 3.23. The van der Waals surface area contributed by atoms with Gasteiger partial charge in [-0.05, 0) is 60.7 Å². The van der Waals surface area contributed by atoms with E-state index in [0.717, 1.165) is 35.5 Å². The maximum absolute atomic E-state index is 13.6. The van der Waals surface area contributed by atoms with Gasteiger partial charge < -0.3 is 4.90 Å². The second-order valence-corrected chi connectivity index (χ2v) is 9.16. The van der Waals surface area contributed by atoms with Crippen molar-refractivity contribution in [3.63, 3.8) is 0 Å². The summed E-state index contributed by atoms with van der Waals surface area (Å²) in [4.78, 5) is 31.5. The molecule has 0 N–H and O–H groups in total. The number of carbonyl (C=O) groups excluding carboxylic acids is 2. The highest BCUT2D eigenvalue weighted by atomic mass is 32.1. The molecule has 2 atom stereocenters. The van der Waals surface area contributed by atoms with E-state index in [-0.39, 0.29) is 11.8 Å². The molecular formula is C23H26N2O2S. The average molecular weight is 395 g/mol. The van der Waals surface area contributed by atoms with Gasteiger partial charge in [0.15, 0.2) is 0 Å². The number of thiophene rings is 1. The van der Waals surface area contributed by atoms with Gasteiger partial charge in [0.1, 0.15) is 5.70 Å². The zero-order chi connectivity index (χ0) is 20.0. The van der Waals surface area contributed by atoms with E-state index in [1.165, 1.54) is 16.2 Å². The maximum atomic E-state index is 13.6. The first-order valence-electron chi connectivity index (χ1n) is 9.86. The summed E-state index contributed by atoms with van der Waals surface area (Å²) in [7, 11) is 0. The summed E-state index contributed by atoms with van der Waals surface area (Å²) in [6.45, 7) is 10.0. The molecule has 2 unspecified atom stereocenters. The molecule has 1 saturated heterocycles. The molecule has 4 rings (SSSR count). The number of likely N-dealkylation sites (tertiary alicyclic amines) is 1. The molecule has 1 aromatic heterocycles. The van der Waals surface area contributed by atoms with Crippen LogP contribution >= 0.6 is 11.3 Å². The fraction of sp³-hybridized carbons (Fsp3) is 0.391. The molecule has 0 radical (unpaired) electrons. The fourth-order valence-corrected chi connectivity index (χ4v) is 5.26. The Labute approximate surface area is 170 Å². The molecule has 2 aliphatic heterocycles. The zero-order valence-corrected chi connectivity index (χ0v) is 17.7. The fourth-order valence-electron chi connectivity index (χ4n) is 4.50. The number of carbonyl (C=O) groups is 2. The van der Waals surface area contributed by atoms with Crippen molar-refractivity contribution in [2.75, 3.05) is 18.0 Å². The Kier molecular flexibility index (Phi) is 4.88. The third-order valence-corrected chi connectivity index (χ3v) is 6.72. The summed E-state index contributed by atoms with van der Waals surface area (Å²) < 4.78 is 0. The number of rotatable bonds is 3. The molecule has 146 valence electrons. The smallest absolute Gasteiger partial charge is 0.282 e. The van der Waals surface area contributed by atoms with Crippen LogP contribution in [0, 0.1) is 25.7 Å². The van der Waals surface area contributed by atoms with E-state index >= 15 is 0 Å². The minimum Gasteiger partial charge on any atom is -0.366 e. The normalized spacial score (nSPS) is 23.1. The minimum absolute atomic E-state index is 0.191. The summed E-state index contributed by atoms with van der Waals surface area (Å²) in [5.41, 5.74) is 3.87. The van der Waals surface area contributed by atoms with E-state index in [4.69, 9.17) is 0 Å². The van der Waals surface area contributed by atoms with Crippen molar-refractivity contribution in [1.82, 2.24) is 4.90 Å². The van der Waals surface area contributed by atoms with Gasteiger partial charge in [0, 0.05) is 18.0 Å². The lowest BCUT2D eigenvalue weighted by molar-refractivity contribution is -0.120. The Balaban J connectivity index is 1.84. The summed E-state index contributed by atoms with van der Waals surface area (Å²) in [6, 6.07) is 9.66. The Morgan fingerprint density at radius 1 is 0.964 bits per heavy atom. The molecule has 1 aromatic carbocycles. The van der Waals surface area contributed by atoms with Crippen LogP contribution in [0.5, 0.6) is 0 Å². The van der Waals surface area contributed by atoms with E-state index in [2.05, 4.69) is 18.7 Å². The second kappa shape index (κ2) is 7.21. The van der Waals surface area contributed by atoms with E-state index in [1.54, 1.807) is 0 Å². The number of hydrogen-bond donors (Lipinski definition) is 0. The molecule has 3 heterocycles. The largest absolute Gasteiger partial charge is 0.366 e. The first-order valence-corrected chi connectivity index (χ1v) is 10.7. The molecule has 0 aliphatic carbocycles. The molecular weight excluding hydrogens is 368 g/mol. The summed E-state index contributed by atoms with van der Waals surface area (Å²) in [6.07, 6.45) is 1.15. The molecule has 2 amide bonds. The van der Waals surface area contributed by atoms with Crippen molar-refractivity contribution in [2.24, 2.45) is 11.8 Å². The molecule has 28 heavy (non-hydrogen) atoms. The SMILES string of the molecule is Cc1cccc(N2C(=O)C(c3cccs3)=C(N3CC(C)CC(C)C3)C2=O)c1C. The van der Waals surface area contributed by atoms with Crippen LogP contribution in [0.15, 0.2) is 41.4 Å². The van der Waals surface area contributed by atoms with Crippen molar-refractivity contribution in [2.45, 2.75) is 34.1 Å². The molecule has 1 fully saturated rings. The van der Waals surface area contributed by atoms with Crippen LogP contribution in [-0.4, -0.2) is 29.8 Å². The quantitative estimate of drug-likeness (QED) is 0.713. The number of benzene rings is 1. The van der Waals surface area contributed by atoms with Gasteiger partial charge in [-0.15, -0.1) is 11.3 Å². The monoisotopic (exact) mass is 394 g/mol. The standard InChI is InChI=1S/C23H26N2O2S/c1-14-11-15(2)13-24(12-14)21-20(19-9-6-10-28-19)22(26)25(23(21)27)18-8-5-7-16(3)17(18)4/h5-10,14-15H,11-13H2,1-4H3. The Bertz CT molecular complexity index is 951. The van der Waals surface area contributed by atoms with Crippen molar-refractivity contribution in [3.05, 3.63) is 57.4 Å². The zero-order valence-electron chi connectivity index (χ0n) is 16.9. The van der Waals surface area contributed by atoms with Crippen molar-refractivity contribution < 1.29 is 9.59 Å². The van der Waals surface area contributed by atoms with Crippen LogP contribution in [-0.2, 0) is 9.59 Å². The van der Waals surface area contributed by atoms with Crippen LogP contribution < -0.4 is 4.90 Å². The van der Waals surface area contributed by atoms with Crippen LogP contribution in [0.4, 0.5) is 5.69 Å². The first-order chi connectivity index (χ1) is 13.4. The number of piperidine rings is 1. The molecule has 0 bridgehead atoms. The number of anilines is 1. The van der Waals surface area contributed by atoms with Crippen LogP contribution in [0.3, 0.4) is 0 Å². The predicted octanol–water partition coefficient (Wildman–Crippen LogP) is 4.63.